The summed E-state index contributed by atoms with van der Waals surface area (Å²) in [5.41, 5.74) is 6.52. The highest BCUT2D eigenvalue weighted by Crippen LogP contribution is 2.18. The van der Waals surface area contributed by atoms with Gasteiger partial charge in [0.15, 0.2) is 0 Å². The van der Waals surface area contributed by atoms with Gasteiger partial charge in [-0.15, -0.1) is 0 Å². The molecule has 0 saturated heterocycles. The lowest BCUT2D eigenvalue weighted by atomic mass is 10.1. The van der Waals surface area contributed by atoms with Gasteiger partial charge >= 0.3 is 0 Å². The monoisotopic (exact) mass is 272 g/mol. The van der Waals surface area contributed by atoms with Crippen molar-refractivity contribution in [2.75, 3.05) is 20.2 Å². The third kappa shape index (κ3) is 3.52. The summed E-state index contributed by atoms with van der Waals surface area (Å²) in [5, 5.41) is 8.73. The predicted molar refractivity (Wildman–Crippen MR) is 70.6 cm³/mol. The summed E-state index contributed by atoms with van der Waals surface area (Å²) in [4.78, 5) is 0.234. The molecule has 18 heavy (non-hydrogen) atoms. The lowest BCUT2D eigenvalue weighted by Crippen LogP contribution is -2.28. The zero-order valence-corrected chi connectivity index (χ0v) is 11.5. The fourth-order valence-electron chi connectivity index (χ4n) is 1.55. The molecule has 0 radical (unpaired) electrons. The molecule has 102 valence electrons. The minimum absolute atomic E-state index is 0.0280. The van der Waals surface area contributed by atoms with Gasteiger partial charge in [0, 0.05) is 26.2 Å². The van der Waals surface area contributed by atoms with Crippen LogP contribution in [0.2, 0.25) is 0 Å². The van der Waals surface area contributed by atoms with Gasteiger partial charge in [-0.3, -0.25) is 0 Å². The summed E-state index contributed by atoms with van der Waals surface area (Å²) in [6, 6.07) is 6.43. The van der Waals surface area contributed by atoms with Gasteiger partial charge in [-0.25, -0.2) is 12.7 Å². The van der Waals surface area contributed by atoms with E-state index >= 15 is 0 Å². The van der Waals surface area contributed by atoms with E-state index < -0.39 is 10.0 Å². The topological polar surface area (TPSA) is 83.6 Å². The Hall–Kier alpha value is -0.950. The SMILES string of the molecule is CC(N)c1cccc(S(=O)(=O)N(C)CCCO)c1. The fraction of sp³-hybridized carbons (Fsp3) is 0.500. The van der Waals surface area contributed by atoms with E-state index in [9.17, 15) is 8.42 Å². The Morgan fingerprint density at radius 1 is 1.44 bits per heavy atom. The van der Waals surface area contributed by atoms with Crippen molar-refractivity contribution >= 4 is 10.0 Å². The van der Waals surface area contributed by atoms with Crippen molar-refractivity contribution in [2.24, 2.45) is 5.73 Å². The molecule has 1 aromatic carbocycles. The van der Waals surface area contributed by atoms with Crippen LogP contribution in [0.4, 0.5) is 0 Å². The quantitative estimate of drug-likeness (QED) is 0.799. The highest BCUT2D eigenvalue weighted by Gasteiger charge is 2.20. The van der Waals surface area contributed by atoms with Crippen molar-refractivity contribution in [3.8, 4) is 0 Å². The first-order valence-corrected chi connectivity index (χ1v) is 7.26. The molecule has 0 bridgehead atoms. The number of aliphatic hydroxyl groups is 1. The van der Waals surface area contributed by atoms with Crippen LogP contribution in [0.5, 0.6) is 0 Å². The van der Waals surface area contributed by atoms with Crippen molar-refractivity contribution in [1.82, 2.24) is 4.31 Å². The number of hydrogen-bond acceptors (Lipinski definition) is 4. The number of sulfonamides is 1. The summed E-state index contributed by atoms with van der Waals surface area (Å²) in [7, 11) is -2.00. The summed E-state index contributed by atoms with van der Waals surface area (Å²) in [6.45, 7) is 2.07. The minimum atomic E-state index is -3.50. The molecular weight excluding hydrogens is 252 g/mol. The van der Waals surface area contributed by atoms with Crippen LogP contribution in [-0.4, -0.2) is 38.0 Å². The molecule has 0 saturated carbocycles. The summed E-state index contributed by atoms with van der Waals surface area (Å²) in [5.74, 6) is 0. The number of rotatable bonds is 6. The lowest BCUT2D eigenvalue weighted by molar-refractivity contribution is 0.275. The van der Waals surface area contributed by atoms with Crippen molar-refractivity contribution in [3.05, 3.63) is 29.8 Å². The Balaban J connectivity index is 3.01. The normalized spacial score (nSPS) is 13.8. The predicted octanol–water partition coefficient (Wildman–Crippen LogP) is 0.709. The molecular formula is C12H20N2O3S. The molecule has 6 heteroatoms. The molecule has 0 amide bonds. The van der Waals surface area contributed by atoms with Crippen LogP contribution >= 0.6 is 0 Å². The van der Waals surface area contributed by atoms with E-state index in [2.05, 4.69) is 0 Å². The third-order valence-electron chi connectivity index (χ3n) is 2.72. The molecule has 1 unspecified atom stereocenters. The van der Waals surface area contributed by atoms with E-state index in [0.717, 1.165) is 5.56 Å². The average Bonchev–Trinajstić information content (AvgIpc) is 2.35. The summed E-state index contributed by atoms with van der Waals surface area (Å²) >= 11 is 0. The van der Waals surface area contributed by atoms with E-state index in [1.165, 1.54) is 11.4 Å². The van der Waals surface area contributed by atoms with Crippen molar-refractivity contribution in [3.63, 3.8) is 0 Å². The Morgan fingerprint density at radius 3 is 2.67 bits per heavy atom. The van der Waals surface area contributed by atoms with Crippen LogP contribution < -0.4 is 5.73 Å². The smallest absolute Gasteiger partial charge is 0.242 e. The molecule has 0 spiro atoms. The van der Waals surface area contributed by atoms with Gasteiger partial charge in [-0.1, -0.05) is 12.1 Å². The largest absolute Gasteiger partial charge is 0.396 e. The van der Waals surface area contributed by atoms with E-state index in [4.69, 9.17) is 10.8 Å². The molecule has 0 aliphatic carbocycles. The average molecular weight is 272 g/mol. The van der Waals surface area contributed by atoms with Gasteiger partial charge in [0.1, 0.15) is 0 Å². The number of aliphatic hydroxyl groups excluding tert-OH is 1. The van der Waals surface area contributed by atoms with E-state index in [0.29, 0.717) is 13.0 Å². The van der Waals surface area contributed by atoms with Crippen LogP contribution in [0.15, 0.2) is 29.2 Å². The molecule has 5 nitrogen and oxygen atoms in total. The lowest BCUT2D eigenvalue weighted by Gasteiger charge is -2.17. The van der Waals surface area contributed by atoms with Crippen molar-refractivity contribution < 1.29 is 13.5 Å². The Bertz CT molecular complexity index is 486. The van der Waals surface area contributed by atoms with E-state index in [-0.39, 0.29) is 17.5 Å². The van der Waals surface area contributed by atoms with E-state index in [1.807, 2.05) is 0 Å². The third-order valence-corrected chi connectivity index (χ3v) is 4.58. The van der Waals surface area contributed by atoms with Crippen LogP contribution in [0.1, 0.15) is 24.9 Å². The molecule has 1 rings (SSSR count). The fourth-order valence-corrected chi connectivity index (χ4v) is 2.82. The maximum absolute atomic E-state index is 12.2. The second-order valence-electron chi connectivity index (χ2n) is 4.26. The van der Waals surface area contributed by atoms with Crippen molar-refractivity contribution in [2.45, 2.75) is 24.3 Å². The molecule has 0 fully saturated rings. The second-order valence-corrected chi connectivity index (χ2v) is 6.31. The van der Waals surface area contributed by atoms with E-state index in [1.54, 1.807) is 31.2 Å². The Kier molecular flexibility index (Phi) is 5.28. The molecule has 0 heterocycles. The van der Waals surface area contributed by atoms with Crippen LogP contribution in [0.3, 0.4) is 0 Å². The molecule has 1 atom stereocenters. The van der Waals surface area contributed by atoms with Gasteiger partial charge in [-0.2, -0.15) is 0 Å². The van der Waals surface area contributed by atoms with Crippen molar-refractivity contribution in [1.29, 1.82) is 0 Å². The van der Waals surface area contributed by atoms with Crippen LogP contribution in [-0.2, 0) is 10.0 Å². The van der Waals surface area contributed by atoms with Crippen LogP contribution in [0, 0.1) is 0 Å². The first-order chi connectivity index (χ1) is 8.39. The number of nitrogens with zero attached hydrogens (tertiary/aromatic N) is 1. The maximum atomic E-state index is 12.2. The molecule has 0 aromatic heterocycles. The highest BCUT2D eigenvalue weighted by molar-refractivity contribution is 7.89. The first-order valence-electron chi connectivity index (χ1n) is 5.82. The zero-order valence-electron chi connectivity index (χ0n) is 10.7. The van der Waals surface area contributed by atoms with Gasteiger partial charge < -0.3 is 10.8 Å². The van der Waals surface area contributed by atoms with Gasteiger partial charge in [-0.05, 0) is 31.0 Å². The van der Waals surface area contributed by atoms with Crippen LogP contribution in [0.25, 0.3) is 0 Å². The van der Waals surface area contributed by atoms with Gasteiger partial charge in [0.2, 0.25) is 10.0 Å². The molecule has 3 N–H and O–H groups in total. The zero-order chi connectivity index (χ0) is 13.8. The first kappa shape index (κ1) is 15.1. The standard InChI is InChI=1S/C12H20N2O3S/c1-10(13)11-5-3-6-12(9-11)18(16,17)14(2)7-4-8-15/h3,5-6,9-10,15H,4,7-8,13H2,1-2H3. The summed E-state index contributed by atoms with van der Waals surface area (Å²) in [6.07, 6.45) is 0.419. The second kappa shape index (κ2) is 6.29. The van der Waals surface area contributed by atoms with Gasteiger partial charge in [0.05, 0.1) is 4.90 Å². The number of benzene rings is 1. The maximum Gasteiger partial charge on any atom is 0.242 e. The number of hydrogen-bond donors (Lipinski definition) is 2. The van der Waals surface area contributed by atoms with Gasteiger partial charge in [0.25, 0.3) is 0 Å². The molecule has 1 aromatic rings. The summed E-state index contributed by atoms with van der Waals surface area (Å²) < 4.78 is 25.7. The molecule has 0 aliphatic rings. The molecule has 0 aliphatic heterocycles. The Morgan fingerprint density at radius 2 is 2.11 bits per heavy atom. The highest BCUT2D eigenvalue weighted by atomic mass is 32.2. The minimum Gasteiger partial charge on any atom is -0.396 e. The number of nitrogens with two attached hydrogens (primary N) is 1. The Labute approximate surface area is 108 Å².